The first-order chi connectivity index (χ1) is 11.6. The monoisotopic (exact) mass is 479 g/mol. The molecule has 1 saturated heterocycles. The quantitative estimate of drug-likeness (QED) is 0.371. The van der Waals surface area contributed by atoms with Crippen LogP contribution in [0.25, 0.3) is 0 Å². The number of thiazole rings is 1. The van der Waals surface area contributed by atoms with Gasteiger partial charge < -0.3 is 15.1 Å². The molecule has 0 bridgehead atoms. The minimum absolute atomic E-state index is 0. The Morgan fingerprint density at radius 1 is 1.36 bits per heavy atom. The lowest BCUT2D eigenvalue weighted by Gasteiger charge is -2.24. The molecule has 1 fully saturated rings. The molecule has 0 saturated carbocycles. The van der Waals surface area contributed by atoms with E-state index in [4.69, 9.17) is 0 Å². The van der Waals surface area contributed by atoms with Crippen molar-refractivity contribution >= 4 is 41.3 Å². The number of halogens is 1. The third-order valence-corrected chi connectivity index (χ3v) is 5.98. The number of nitrogens with zero attached hydrogens (tertiary/aromatic N) is 4. The SMILES string of the molecule is CCN(CC)CC1CCN(C(=NC)NCCc2sc(C)nc2C)C1.I. The Labute approximate surface area is 174 Å². The Balaban J connectivity index is 0.00000312. The molecule has 5 nitrogen and oxygen atoms in total. The standard InChI is InChI=1S/C18H33N5S.HI/c1-6-22(7-2)12-16-9-11-23(13-16)18(19-5)20-10-8-17-14(3)21-15(4)24-17;/h16H,6-13H2,1-5H3,(H,19,20);1H. The maximum absolute atomic E-state index is 4.51. The van der Waals surface area contributed by atoms with Gasteiger partial charge in [0, 0.05) is 44.5 Å². The third-order valence-electron chi connectivity index (χ3n) is 4.84. The van der Waals surface area contributed by atoms with Crippen LogP contribution in [-0.2, 0) is 6.42 Å². The molecule has 1 atom stereocenters. The second-order valence-electron chi connectivity index (χ2n) is 6.55. The van der Waals surface area contributed by atoms with Crippen LogP contribution in [0.15, 0.2) is 4.99 Å². The van der Waals surface area contributed by atoms with Crippen molar-refractivity contribution in [3.63, 3.8) is 0 Å². The van der Waals surface area contributed by atoms with Gasteiger partial charge in [-0.2, -0.15) is 0 Å². The number of rotatable bonds is 7. The highest BCUT2D eigenvalue weighted by atomic mass is 127. The third kappa shape index (κ3) is 6.67. The minimum Gasteiger partial charge on any atom is -0.356 e. The summed E-state index contributed by atoms with van der Waals surface area (Å²) in [6.45, 7) is 15.3. The largest absolute Gasteiger partial charge is 0.356 e. The fraction of sp³-hybridized carbons (Fsp3) is 0.778. The van der Waals surface area contributed by atoms with Gasteiger partial charge in [0.25, 0.3) is 0 Å². The maximum Gasteiger partial charge on any atom is 0.193 e. The predicted molar refractivity (Wildman–Crippen MR) is 120 cm³/mol. The first-order valence-electron chi connectivity index (χ1n) is 9.18. The van der Waals surface area contributed by atoms with Gasteiger partial charge in [0.05, 0.1) is 10.7 Å². The van der Waals surface area contributed by atoms with E-state index in [0.29, 0.717) is 0 Å². The molecule has 1 N–H and O–H groups in total. The molecule has 1 unspecified atom stereocenters. The molecule has 144 valence electrons. The summed E-state index contributed by atoms with van der Waals surface area (Å²) < 4.78 is 0. The van der Waals surface area contributed by atoms with Crippen molar-refractivity contribution in [2.45, 2.75) is 40.5 Å². The topological polar surface area (TPSA) is 43.8 Å². The number of likely N-dealkylation sites (tertiary alicyclic amines) is 1. The van der Waals surface area contributed by atoms with E-state index in [1.807, 2.05) is 18.4 Å². The molecule has 7 heteroatoms. The first-order valence-corrected chi connectivity index (χ1v) is 9.99. The molecule has 0 amide bonds. The van der Waals surface area contributed by atoms with E-state index in [1.165, 1.54) is 23.5 Å². The molecular weight excluding hydrogens is 445 g/mol. The fourth-order valence-corrected chi connectivity index (χ4v) is 4.38. The molecule has 1 aromatic heterocycles. The molecule has 25 heavy (non-hydrogen) atoms. The lowest BCUT2D eigenvalue weighted by Crippen LogP contribution is -2.41. The number of aryl methyl sites for hydroxylation is 2. The molecule has 0 aromatic carbocycles. The van der Waals surface area contributed by atoms with Crippen molar-refractivity contribution in [3.05, 3.63) is 15.6 Å². The van der Waals surface area contributed by atoms with E-state index in [9.17, 15) is 0 Å². The second kappa shape index (κ2) is 11.3. The van der Waals surface area contributed by atoms with Crippen molar-refractivity contribution < 1.29 is 0 Å². The smallest absolute Gasteiger partial charge is 0.193 e. The Hall–Kier alpha value is -0.410. The summed E-state index contributed by atoms with van der Waals surface area (Å²) in [5, 5.41) is 4.70. The maximum atomic E-state index is 4.51. The van der Waals surface area contributed by atoms with Gasteiger partial charge in [0.15, 0.2) is 5.96 Å². The second-order valence-corrected chi connectivity index (χ2v) is 7.84. The van der Waals surface area contributed by atoms with Crippen LogP contribution in [0, 0.1) is 19.8 Å². The van der Waals surface area contributed by atoms with Crippen LogP contribution >= 0.6 is 35.3 Å². The Bertz CT molecular complexity index is 542. The predicted octanol–water partition coefficient (Wildman–Crippen LogP) is 3.16. The van der Waals surface area contributed by atoms with Gasteiger partial charge in [0.1, 0.15) is 0 Å². The lowest BCUT2D eigenvalue weighted by molar-refractivity contribution is 0.255. The number of hydrogen-bond acceptors (Lipinski definition) is 4. The van der Waals surface area contributed by atoms with Crippen molar-refractivity contribution in [2.24, 2.45) is 10.9 Å². The van der Waals surface area contributed by atoms with Crippen LogP contribution in [0.1, 0.15) is 35.8 Å². The van der Waals surface area contributed by atoms with Crippen LogP contribution in [0.5, 0.6) is 0 Å². The molecule has 2 heterocycles. The number of hydrogen-bond donors (Lipinski definition) is 1. The van der Waals surface area contributed by atoms with Crippen molar-refractivity contribution in [1.29, 1.82) is 0 Å². The van der Waals surface area contributed by atoms with E-state index < -0.39 is 0 Å². The number of nitrogens with one attached hydrogen (secondary N) is 1. The van der Waals surface area contributed by atoms with Gasteiger partial charge in [0.2, 0.25) is 0 Å². The van der Waals surface area contributed by atoms with E-state index in [-0.39, 0.29) is 24.0 Å². The highest BCUT2D eigenvalue weighted by Crippen LogP contribution is 2.19. The summed E-state index contributed by atoms with van der Waals surface area (Å²) in [7, 11) is 1.89. The summed E-state index contributed by atoms with van der Waals surface area (Å²) in [5.41, 5.74) is 1.18. The van der Waals surface area contributed by atoms with Gasteiger partial charge in [-0.1, -0.05) is 13.8 Å². The van der Waals surface area contributed by atoms with Crippen LogP contribution in [-0.4, -0.2) is 67.1 Å². The molecule has 1 aromatic rings. The molecule has 1 aliphatic heterocycles. The first kappa shape index (κ1) is 22.6. The van der Waals surface area contributed by atoms with Crippen LogP contribution in [0.4, 0.5) is 0 Å². The van der Waals surface area contributed by atoms with Gasteiger partial charge in [-0.25, -0.2) is 4.98 Å². The van der Waals surface area contributed by atoms with Crippen molar-refractivity contribution in [1.82, 2.24) is 20.1 Å². The normalized spacial score (nSPS) is 17.9. The highest BCUT2D eigenvalue weighted by molar-refractivity contribution is 14.0. The average Bonchev–Trinajstić information content (AvgIpc) is 3.15. The molecule has 0 spiro atoms. The number of aliphatic imine (C=N–C) groups is 1. The Morgan fingerprint density at radius 3 is 2.64 bits per heavy atom. The summed E-state index contributed by atoms with van der Waals surface area (Å²) >= 11 is 1.81. The number of aromatic nitrogens is 1. The Morgan fingerprint density at radius 2 is 2.08 bits per heavy atom. The van der Waals surface area contributed by atoms with Gasteiger partial charge in [-0.3, -0.25) is 4.99 Å². The van der Waals surface area contributed by atoms with Crippen LogP contribution < -0.4 is 5.32 Å². The summed E-state index contributed by atoms with van der Waals surface area (Å²) in [6.07, 6.45) is 2.29. The Kier molecular flexibility index (Phi) is 10.3. The van der Waals surface area contributed by atoms with E-state index in [1.54, 1.807) is 0 Å². The van der Waals surface area contributed by atoms with E-state index in [0.717, 1.165) is 56.0 Å². The zero-order valence-electron chi connectivity index (χ0n) is 16.3. The molecule has 1 aliphatic rings. The molecule has 0 aliphatic carbocycles. The van der Waals surface area contributed by atoms with Crippen molar-refractivity contribution in [2.75, 3.05) is 46.3 Å². The fourth-order valence-electron chi connectivity index (χ4n) is 3.45. The molecule has 2 rings (SSSR count). The van der Waals surface area contributed by atoms with E-state index in [2.05, 4.69) is 52.8 Å². The van der Waals surface area contributed by atoms with Crippen LogP contribution in [0.3, 0.4) is 0 Å². The number of guanidine groups is 1. The summed E-state index contributed by atoms with van der Waals surface area (Å²) in [6, 6.07) is 0. The van der Waals surface area contributed by atoms with Crippen LogP contribution in [0.2, 0.25) is 0 Å². The van der Waals surface area contributed by atoms with Gasteiger partial charge in [-0.15, -0.1) is 35.3 Å². The van der Waals surface area contributed by atoms with Crippen molar-refractivity contribution in [3.8, 4) is 0 Å². The summed E-state index contributed by atoms with van der Waals surface area (Å²) in [4.78, 5) is 15.3. The molecular formula is C18H34IN5S. The summed E-state index contributed by atoms with van der Waals surface area (Å²) in [5.74, 6) is 1.81. The lowest BCUT2D eigenvalue weighted by atomic mass is 10.1. The van der Waals surface area contributed by atoms with E-state index >= 15 is 0 Å². The van der Waals surface area contributed by atoms with Gasteiger partial charge >= 0.3 is 0 Å². The molecule has 0 radical (unpaired) electrons. The zero-order valence-corrected chi connectivity index (χ0v) is 19.5. The zero-order chi connectivity index (χ0) is 17.5. The minimum atomic E-state index is 0. The average molecular weight is 479 g/mol. The highest BCUT2D eigenvalue weighted by Gasteiger charge is 2.25. The van der Waals surface area contributed by atoms with Gasteiger partial charge in [-0.05, 0) is 39.3 Å².